The van der Waals surface area contributed by atoms with Crippen LogP contribution in [0.25, 0.3) is 0 Å². The lowest BCUT2D eigenvalue weighted by atomic mass is 10.2. The molecule has 1 atom stereocenters. The molecule has 28 heavy (non-hydrogen) atoms. The first-order chi connectivity index (χ1) is 13.3. The normalized spacial score (nSPS) is 12.4. The Morgan fingerprint density at radius 2 is 2.00 bits per heavy atom. The van der Waals surface area contributed by atoms with Crippen LogP contribution in [-0.2, 0) is 30.8 Å². The molecule has 152 valence electrons. The first-order valence-electron chi connectivity index (χ1n) is 8.43. The zero-order valence-electron chi connectivity index (χ0n) is 15.5. The molecule has 2 aromatic rings. The van der Waals surface area contributed by atoms with Gasteiger partial charge in [-0.2, -0.15) is 0 Å². The van der Waals surface area contributed by atoms with Gasteiger partial charge in [0, 0.05) is 13.7 Å². The second-order valence-electron chi connectivity index (χ2n) is 5.76. The van der Waals surface area contributed by atoms with Gasteiger partial charge in [-0.3, -0.25) is 4.79 Å². The summed E-state index contributed by atoms with van der Waals surface area (Å²) in [6.45, 7) is 2.01. The molecule has 0 radical (unpaired) electrons. The summed E-state index contributed by atoms with van der Waals surface area (Å²) < 4.78 is 42.2. The van der Waals surface area contributed by atoms with Gasteiger partial charge in [0.15, 0.2) is 6.10 Å². The van der Waals surface area contributed by atoms with E-state index in [0.717, 1.165) is 0 Å². The lowest BCUT2D eigenvalue weighted by Crippen LogP contribution is -2.37. The maximum absolute atomic E-state index is 12.4. The number of nitrogens with one attached hydrogen (secondary N) is 2. The van der Waals surface area contributed by atoms with Crippen LogP contribution < -0.4 is 10.0 Å². The Morgan fingerprint density at radius 1 is 1.21 bits per heavy atom. The molecule has 1 aromatic heterocycles. The quantitative estimate of drug-likeness (QED) is 0.443. The average molecular weight is 410 g/mol. The smallest absolute Gasteiger partial charge is 0.338 e. The van der Waals surface area contributed by atoms with Crippen LogP contribution in [0.4, 0.5) is 0 Å². The van der Waals surface area contributed by atoms with E-state index in [0.29, 0.717) is 12.4 Å². The first-order valence-corrected chi connectivity index (χ1v) is 9.91. The van der Waals surface area contributed by atoms with Crippen LogP contribution in [0.15, 0.2) is 52.0 Å². The molecule has 2 rings (SSSR count). The van der Waals surface area contributed by atoms with Gasteiger partial charge < -0.3 is 19.2 Å². The number of benzene rings is 1. The molecule has 0 aliphatic carbocycles. The van der Waals surface area contributed by atoms with Crippen LogP contribution in [0, 0.1) is 0 Å². The molecule has 2 N–H and O–H groups in total. The molecule has 1 heterocycles. The largest absolute Gasteiger partial charge is 0.468 e. The Labute approximate surface area is 163 Å². The van der Waals surface area contributed by atoms with E-state index in [2.05, 4.69) is 10.0 Å². The number of hydrogen-bond acceptors (Lipinski definition) is 7. The fraction of sp³-hybridized carbons (Fsp3) is 0.333. The summed E-state index contributed by atoms with van der Waals surface area (Å²) in [7, 11) is -2.36. The van der Waals surface area contributed by atoms with Crippen molar-refractivity contribution in [2.75, 3.05) is 20.3 Å². The Morgan fingerprint density at radius 3 is 2.68 bits per heavy atom. The molecule has 0 saturated heterocycles. The van der Waals surface area contributed by atoms with Crippen LogP contribution in [-0.4, -0.2) is 46.7 Å². The Hall–Kier alpha value is -2.69. The van der Waals surface area contributed by atoms with Crippen molar-refractivity contribution in [2.45, 2.75) is 24.5 Å². The highest BCUT2D eigenvalue weighted by molar-refractivity contribution is 7.89. The first kappa shape index (κ1) is 21.6. The summed E-state index contributed by atoms with van der Waals surface area (Å²) in [4.78, 5) is 24.0. The number of carbonyl (C=O) groups is 2. The third-order valence-electron chi connectivity index (χ3n) is 3.66. The maximum atomic E-state index is 12.4. The molecular formula is C18H22N2O7S. The number of ether oxygens (including phenoxy) is 2. The minimum absolute atomic E-state index is 0.0115. The zero-order valence-corrected chi connectivity index (χ0v) is 16.3. The number of amides is 1. The summed E-state index contributed by atoms with van der Waals surface area (Å²) in [6.07, 6.45) is 0.397. The van der Waals surface area contributed by atoms with E-state index in [1.165, 1.54) is 44.6 Å². The zero-order chi connectivity index (χ0) is 20.6. The highest BCUT2D eigenvalue weighted by Crippen LogP contribution is 2.14. The fourth-order valence-electron chi connectivity index (χ4n) is 2.16. The van der Waals surface area contributed by atoms with Crippen molar-refractivity contribution in [3.8, 4) is 0 Å². The number of hydrogen-bond donors (Lipinski definition) is 2. The third kappa shape index (κ3) is 6.19. The van der Waals surface area contributed by atoms with E-state index in [1.54, 1.807) is 12.1 Å². The summed E-state index contributed by atoms with van der Waals surface area (Å²) in [6, 6.07) is 8.64. The summed E-state index contributed by atoms with van der Waals surface area (Å²) in [5.41, 5.74) is 0.0115. The molecule has 0 spiro atoms. The second-order valence-corrected chi connectivity index (χ2v) is 7.53. The SMILES string of the molecule is COCCNC(=O)[C@@H](C)OC(=O)c1cccc(S(=O)(=O)NCc2ccco2)c1. The fourth-order valence-corrected chi connectivity index (χ4v) is 3.19. The van der Waals surface area contributed by atoms with Crippen LogP contribution in [0.3, 0.4) is 0 Å². The maximum Gasteiger partial charge on any atom is 0.338 e. The van der Waals surface area contributed by atoms with Gasteiger partial charge in [-0.1, -0.05) is 6.07 Å². The molecule has 0 saturated carbocycles. The van der Waals surface area contributed by atoms with Gasteiger partial charge in [0.05, 0.1) is 29.9 Å². The summed E-state index contributed by atoms with van der Waals surface area (Å²) >= 11 is 0. The summed E-state index contributed by atoms with van der Waals surface area (Å²) in [5.74, 6) is -0.834. The Balaban J connectivity index is 2.01. The van der Waals surface area contributed by atoms with Gasteiger partial charge in [-0.25, -0.2) is 17.9 Å². The molecular weight excluding hydrogens is 388 g/mol. The van der Waals surface area contributed by atoms with Crippen molar-refractivity contribution in [1.82, 2.24) is 10.0 Å². The number of methoxy groups -OCH3 is 1. The van der Waals surface area contributed by atoms with Crippen molar-refractivity contribution < 1.29 is 31.9 Å². The Kier molecular flexibility index (Phi) is 7.73. The average Bonchev–Trinajstić information content (AvgIpc) is 3.20. The van der Waals surface area contributed by atoms with Gasteiger partial charge in [-0.05, 0) is 37.3 Å². The van der Waals surface area contributed by atoms with Gasteiger partial charge in [-0.15, -0.1) is 0 Å². The van der Waals surface area contributed by atoms with E-state index in [-0.39, 0.29) is 23.5 Å². The molecule has 0 fully saturated rings. The van der Waals surface area contributed by atoms with Crippen LogP contribution in [0.5, 0.6) is 0 Å². The van der Waals surface area contributed by atoms with Gasteiger partial charge in [0.2, 0.25) is 10.0 Å². The predicted octanol–water partition coefficient (Wildman–Crippen LogP) is 1.07. The predicted molar refractivity (Wildman–Crippen MR) is 98.9 cm³/mol. The number of sulfonamides is 1. The highest BCUT2D eigenvalue weighted by Gasteiger charge is 2.21. The van der Waals surface area contributed by atoms with Crippen molar-refractivity contribution in [1.29, 1.82) is 0 Å². The van der Waals surface area contributed by atoms with Crippen LogP contribution >= 0.6 is 0 Å². The van der Waals surface area contributed by atoms with Gasteiger partial charge in [0.1, 0.15) is 5.76 Å². The Bertz CT molecular complexity index is 894. The lowest BCUT2D eigenvalue weighted by molar-refractivity contribution is -0.129. The van der Waals surface area contributed by atoms with Crippen molar-refractivity contribution in [2.24, 2.45) is 0 Å². The third-order valence-corrected chi connectivity index (χ3v) is 5.05. The van der Waals surface area contributed by atoms with E-state index < -0.39 is 28.0 Å². The van der Waals surface area contributed by atoms with Crippen LogP contribution in [0.1, 0.15) is 23.0 Å². The minimum Gasteiger partial charge on any atom is -0.468 e. The molecule has 0 aliphatic rings. The van der Waals surface area contributed by atoms with Crippen LogP contribution in [0.2, 0.25) is 0 Å². The summed E-state index contributed by atoms with van der Waals surface area (Å²) in [5, 5.41) is 2.55. The minimum atomic E-state index is -3.86. The number of furan rings is 1. The molecule has 9 nitrogen and oxygen atoms in total. The number of carbonyl (C=O) groups excluding carboxylic acids is 2. The lowest BCUT2D eigenvalue weighted by Gasteiger charge is -2.14. The highest BCUT2D eigenvalue weighted by atomic mass is 32.2. The molecule has 0 bridgehead atoms. The van der Waals surface area contributed by atoms with E-state index in [1.807, 2.05) is 0 Å². The molecule has 10 heteroatoms. The standard InChI is InChI=1S/C18H22N2O7S/c1-13(17(21)19-8-10-25-2)27-18(22)14-5-3-7-16(11-14)28(23,24)20-12-15-6-4-9-26-15/h3-7,9,11,13,20H,8,10,12H2,1-2H3,(H,19,21)/t13-/m1/s1. The van der Waals surface area contributed by atoms with Crippen molar-refractivity contribution in [3.05, 3.63) is 54.0 Å². The number of esters is 1. The van der Waals surface area contributed by atoms with Gasteiger partial charge in [0.25, 0.3) is 5.91 Å². The monoisotopic (exact) mass is 410 g/mol. The van der Waals surface area contributed by atoms with Crippen molar-refractivity contribution in [3.63, 3.8) is 0 Å². The van der Waals surface area contributed by atoms with E-state index in [9.17, 15) is 18.0 Å². The molecule has 0 unspecified atom stereocenters. The topological polar surface area (TPSA) is 124 Å². The molecule has 1 amide bonds. The second kappa shape index (κ2) is 10.0. The van der Waals surface area contributed by atoms with E-state index >= 15 is 0 Å². The van der Waals surface area contributed by atoms with Crippen molar-refractivity contribution >= 4 is 21.9 Å². The molecule has 1 aromatic carbocycles. The number of rotatable bonds is 10. The van der Waals surface area contributed by atoms with Gasteiger partial charge >= 0.3 is 5.97 Å². The molecule has 0 aliphatic heterocycles. The van der Waals surface area contributed by atoms with E-state index in [4.69, 9.17) is 13.9 Å².